The average Bonchev–Trinajstić information content (AvgIpc) is 3.61. The van der Waals surface area contributed by atoms with Crippen molar-refractivity contribution >= 4 is 55.4 Å². The maximum Gasteiger partial charge on any atom is 0.261 e. The summed E-state index contributed by atoms with van der Waals surface area (Å²) in [6, 6.07) is 21.6. The van der Waals surface area contributed by atoms with Crippen molar-refractivity contribution in [2.75, 3.05) is 12.3 Å². The maximum absolute atomic E-state index is 7.41. The number of hydrogen-bond donors (Lipinski definition) is 1. The minimum absolute atomic E-state index is 0.0246. The molecule has 6 rings (SSSR count). The fourth-order valence-corrected chi connectivity index (χ4v) is 13.4. The Bertz CT molecular complexity index is 1700. The summed E-state index contributed by atoms with van der Waals surface area (Å²) in [5.74, 6) is 3.15. The third-order valence-corrected chi connectivity index (χ3v) is 15.9. The minimum Gasteiger partial charge on any atom is -0.406 e. The topological polar surface area (TPSA) is 84.4 Å². The van der Waals surface area contributed by atoms with Crippen LogP contribution in [0.2, 0.25) is 24.7 Å². The molecule has 0 bridgehead atoms. The molecule has 0 saturated carbocycles. The summed E-state index contributed by atoms with van der Waals surface area (Å²) in [6.07, 6.45) is 3.24. The molecule has 0 radical (unpaired) electrons. The largest absolute Gasteiger partial charge is 0.406 e. The van der Waals surface area contributed by atoms with Gasteiger partial charge in [0.1, 0.15) is 43.4 Å². The molecule has 0 aliphatic carbocycles. The van der Waals surface area contributed by atoms with Gasteiger partial charge in [0.05, 0.1) is 16.2 Å². The normalized spacial score (nSPS) is 23.1. The van der Waals surface area contributed by atoms with E-state index in [-0.39, 0.29) is 27.9 Å². The quantitative estimate of drug-likeness (QED) is 0.203. The van der Waals surface area contributed by atoms with Crippen LogP contribution in [0.25, 0.3) is 11.0 Å². The van der Waals surface area contributed by atoms with Gasteiger partial charge in [0.25, 0.3) is 8.32 Å². The van der Waals surface area contributed by atoms with Crippen LogP contribution >= 0.6 is 11.8 Å². The Morgan fingerprint density at radius 3 is 2.13 bits per heavy atom. The van der Waals surface area contributed by atoms with Gasteiger partial charge in [-0.1, -0.05) is 107 Å². The van der Waals surface area contributed by atoms with Crippen LogP contribution < -0.4 is 16.1 Å². The number of fused-ring (bicyclic) bond motifs is 2. The van der Waals surface area contributed by atoms with Crippen LogP contribution in [0.3, 0.4) is 0 Å². The Labute approximate surface area is 273 Å². The van der Waals surface area contributed by atoms with Crippen LogP contribution in [0.1, 0.15) is 45.6 Å². The van der Waals surface area contributed by atoms with E-state index in [9.17, 15) is 0 Å². The molecule has 2 saturated heterocycles. The number of nitrogens with two attached hydrogens (primary N) is 1. The lowest BCUT2D eigenvalue weighted by Crippen LogP contribution is -2.67. The van der Waals surface area contributed by atoms with Gasteiger partial charge in [0.15, 0.2) is 5.79 Å². The van der Waals surface area contributed by atoms with Crippen LogP contribution in [-0.4, -0.2) is 60.8 Å². The van der Waals surface area contributed by atoms with Crippen molar-refractivity contribution in [3.63, 3.8) is 0 Å². The number of aromatic nitrogens is 3. The second-order valence-corrected chi connectivity index (χ2v) is 24.9. The summed E-state index contributed by atoms with van der Waals surface area (Å²) in [7, 11) is -4.37. The fraction of sp³-hybridized carbons (Fsp3) is 0.429. The van der Waals surface area contributed by atoms with Gasteiger partial charge in [-0.3, -0.25) is 0 Å². The first kappa shape index (κ1) is 32.0. The lowest BCUT2D eigenvalue weighted by Gasteiger charge is -2.43. The first-order valence-electron chi connectivity index (χ1n) is 15.6. The van der Waals surface area contributed by atoms with Crippen molar-refractivity contribution in [1.82, 2.24) is 14.5 Å². The van der Waals surface area contributed by atoms with E-state index >= 15 is 0 Å². The Morgan fingerprint density at radius 2 is 1.56 bits per heavy atom. The molecule has 4 heterocycles. The summed E-state index contributed by atoms with van der Waals surface area (Å²) in [5, 5.41) is 3.11. The molecule has 2 aliphatic rings. The number of hydrogen-bond acceptors (Lipinski definition) is 7. The van der Waals surface area contributed by atoms with E-state index < -0.39 is 22.2 Å². The molecule has 45 heavy (non-hydrogen) atoms. The number of nitrogens with zero attached hydrogens (tertiary/aromatic N) is 3. The highest BCUT2D eigenvalue weighted by Crippen LogP contribution is 2.52. The fourth-order valence-electron chi connectivity index (χ4n) is 6.64. The van der Waals surface area contributed by atoms with Crippen molar-refractivity contribution in [3.8, 4) is 11.5 Å². The van der Waals surface area contributed by atoms with E-state index in [1.165, 1.54) is 16.7 Å². The maximum atomic E-state index is 7.41. The monoisotopic (exact) mass is 656 g/mol. The Hall–Kier alpha value is -2.92. The summed E-state index contributed by atoms with van der Waals surface area (Å²) in [5.41, 5.74) is 11.6. The third kappa shape index (κ3) is 6.02. The predicted octanol–water partition coefficient (Wildman–Crippen LogP) is 5.95. The second-order valence-electron chi connectivity index (χ2n) is 14.5. The van der Waals surface area contributed by atoms with Crippen LogP contribution in [0.4, 0.5) is 5.82 Å². The first-order chi connectivity index (χ1) is 21.2. The van der Waals surface area contributed by atoms with Gasteiger partial charge >= 0.3 is 0 Å². The number of rotatable bonds is 6. The lowest BCUT2D eigenvalue weighted by molar-refractivity contribution is -0.149. The van der Waals surface area contributed by atoms with Crippen LogP contribution in [0, 0.1) is 11.5 Å². The van der Waals surface area contributed by atoms with Crippen LogP contribution in [0.15, 0.2) is 73.2 Å². The Morgan fingerprint density at radius 1 is 0.956 bits per heavy atom. The lowest BCUT2D eigenvalue weighted by atomic mass is 10.1. The van der Waals surface area contributed by atoms with E-state index in [2.05, 4.69) is 128 Å². The van der Waals surface area contributed by atoms with E-state index in [0.29, 0.717) is 12.4 Å². The SMILES string of the molecule is CC1(C)O[C@@H]2[C@H](O1)[C@@H](CO[Si](c1ccccc1)(c1ccccc1)C(C)(C)C)S[C@H]2n1cc(C#C[Si](C)(C)C)c2c(N)ncnc21. The molecule has 0 spiro atoms. The zero-order valence-corrected chi connectivity index (χ0v) is 30.3. The molecule has 2 N–H and O–H groups in total. The molecule has 0 unspecified atom stereocenters. The highest BCUT2D eigenvalue weighted by Gasteiger charge is 2.57. The second kappa shape index (κ2) is 11.7. The summed E-state index contributed by atoms with van der Waals surface area (Å²) in [4.78, 5) is 9.02. The van der Waals surface area contributed by atoms with E-state index in [0.717, 1.165) is 16.6 Å². The van der Waals surface area contributed by atoms with Gasteiger partial charge in [-0.2, -0.15) is 0 Å². The van der Waals surface area contributed by atoms with E-state index in [4.69, 9.17) is 24.6 Å². The molecule has 4 aromatic rings. The Kier molecular flexibility index (Phi) is 8.34. The number of anilines is 1. The first-order valence-corrected chi connectivity index (χ1v) is 22.0. The number of nitrogen functional groups attached to an aromatic ring is 1. The van der Waals surface area contributed by atoms with Crippen molar-refractivity contribution in [2.24, 2.45) is 0 Å². The molecule has 2 aliphatic heterocycles. The van der Waals surface area contributed by atoms with Gasteiger partial charge in [-0.15, -0.1) is 17.3 Å². The number of ether oxygens (including phenoxy) is 2. The molecular formula is C35H44N4O3SSi2. The van der Waals surface area contributed by atoms with Crippen molar-refractivity contribution in [2.45, 2.75) is 87.9 Å². The number of thioether (sulfide) groups is 1. The van der Waals surface area contributed by atoms with Gasteiger partial charge in [-0.25, -0.2) is 9.97 Å². The zero-order valence-electron chi connectivity index (χ0n) is 27.5. The van der Waals surface area contributed by atoms with Gasteiger partial charge in [0.2, 0.25) is 0 Å². The molecule has 7 nitrogen and oxygen atoms in total. The summed E-state index contributed by atoms with van der Waals surface area (Å²) < 4.78 is 22.8. The van der Waals surface area contributed by atoms with Gasteiger partial charge in [-0.05, 0) is 29.3 Å². The molecule has 0 amide bonds. The third-order valence-electron chi connectivity index (χ3n) is 8.49. The molecule has 4 atom stereocenters. The smallest absolute Gasteiger partial charge is 0.261 e. The Balaban J connectivity index is 1.41. The predicted molar refractivity (Wildman–Crippen MR) is 190 cm³/mol. The van der Waals surface area contributed by atoms with Crippen molar-refractivity contribution in [3.05, 3.63) is 78.8 Å². The van der Waals surface area contributed by atoms with E-state index in [1.54, 1.807) is 0 Å². The molecule has 10 heteroatoms. The van der Waals surface area contributed by atoms with Crippen LogP contribution in [-0.2, 0) is 13.9 Å². The average molecular weight is 657 g/mol. The molecular weight excluding hydrogens is 613 g/mol. The molecule has 2 fully saturated rings. The van der Waals surface area contributed by atoms with Gasteiger partial charge in [0, 0.05) is 12.8 Å². The standard InChI is InChI=1S/C35H44N4O3SSi2/c1-34(2,3)45(25-15-11-9-12-16-25,26-17-13-10-14-18-26)40-22-27-29-30(42-35(4,5)41-29)33(43-27)39-21-24(19-20-44(6,7)8)28-31(36)37-23-38-32(28)39/h9-18,21,23,27,29-30,33H,22H2,1-8H3,(H2,36,37,38)/t27-,29-,30-,33-/m1/s1. The van der Waals surface area contributed by atoms with Crippen molar-refractivity contribution in [1.29, 1.82) is 0 Å². The zero-order chi connectivity index (χ0) is 32.2. The summed E-state index contributed by atoms with van der Waals surface area (Å²) in [6.45, 7) is 18.1. The molecule has 236 valence electrons. The van der Waals surface area contributed by atoms with Crippen molar-refractivity contribution < 1.29 is 13.9 Å². The minimum atomic E-state index is -2.74. The highest BCUT2D eigenvalue weighted by molar-refractivity contribution is 8.00. The number of benzene rings is 2. The summed E-state index contributed by atoms with van der Waals surface area (Å²) >= 11 is 1.83. The van der Waals surface area contributed by atoms with Gasteiger partial charge < -0.3 is 24.2 Å². The van der Waals surface area contributed by atoms with Crippen LogP contribution in [0.5, 0.6) is 0 Å². The highest BCUT2D eigenvalue weighted by atomic mass is 32.2. The molecule has 2 aromatic heterocycles. The molecule has 2 aromatic carbocycles. The van der Waals surface area contributed by atoms with E-state index in [1.807, 2.05) is 25.6 Å².